The first-order chi connectivity index (χ1) is 16.5. The molecule has 0 aliphatic heterocycles. The summed E-state index contributed by atoms with van der Waals surface area (Å²) in [5, 5.41) is 26.7. The van der Waals surface area contributed by atoms with Crippen LogP contribution >= 0.6 is 0 Å². The van der Waals surface area contributed by atoms with Crippen LogP contribution in [0.3, 0.4) is 0 Å². The van der Waals surface area contributed by atoms with Crippen molar-refractivity contribution in [3.63, 3.8) is 0 Å². The highest BCUT2D eigenvalue weighted by atomic mass is 14.8. The Labute approximate surface area is 198 Å². The first-order valence-electron chi connectivity index (χ1n) is 10.6. The van der Waals surface area contributed by atoms with Crippen LogP contribution in [0.15, 0.2) is 96.0 Å². The number of hydrogen-bond donors (Lipinski definition) is 2. The molecule has 4 rings (SSSR count). The summed E-state index contributed by atoms with van der Waals surface area (Å²) in [4.78, 5) is 4.47. The van der Waals surface area contributed by atoms with Crippen LogP contribution in [0.25, 0.3) is 22.3 Å². The number of nitrogens with zero attached hydrogens (tertiary/aromatic N) is 3. The van der Waals surface area contributed by atoms with Crippen molar-refractivity contribution in [2.24, 2.45) is 4.99 Å². The lowest BCUT2D eigenvalue weighted by Crippen LogP contribution is -2.05. The topological polar surface area (TPSA) is 110 Å². The molecule has 162 valence electrons. The molecule has 0 radical (unpaired) electrons. The van der Waals surface area contributed by atoms with E-state index in [0.29, 0.717) is 28.1 Å². The Hall–Kier alpha value is -5.00. The second kappa shape index (κ2) is 9.65. The predicted molar refractivity (Wildman–Crippen MR) is 137 cm³/mol. The number of nitrogens with one attached hydrogen (secondary N) is 1. The van der Waals surface area contributed by atoms with Crippen LogP contribution in [0.4, 0.5) is 5.69 Å². The van der Waals surface area contributed by atoms with E-state index in [1.54, 1.807) is 24.3 Å². The number of rotatable bonds is 4. The van der Waals surface area contributed by atoms with E-state index in [-0.39, 0.29) is 5.84 Å². The van der Waals surface area contributed by atoms with E-state index in [4.69, 9.17) is 21.7 Å². The molecule has 0 aliphatic rings. The van der Waals surface area contributed by atoms with Gasteiger partial charge in [0.15, 0.2) is 5.84 Å². The van der Waals surface area contributed by atoms with Crippen molar-refractivity contribution < 1.29 is 0 Å². The molecule has 5 nitrogen and oxygen atoms in total. The van der Waals surface area contributed by atoms with E-state index in [2.05, 4.69) is 17.1 Å². The number of anilines is 1. The number of amidine groups is 1. The number of aliphatic imine (C=N–C) groups is 1. The van der Waals surface area contributed by atoms with Gasteiger partial charge in [-0.25, -0.2) is 4.99 Å². The molecule has 4 aromatic rings. The van der Waals surface area contributed by atoms with Gasteiger partial charge in [-0.1, -0.05) is 54.6 Å². The largest absolute Gasteiger partial charge is 0.398 e. The fourth-order valence-corrected chi connectivity index (χ4v) is 3.69. The maximum absolute atomic E-state index is 9.12. The monoisotopic (exact) mass is 439 g/mol. The van der Waals surface area contributed by atoms with Crippen LogP contribution in [0.2, 0.25) is 0 Å². The Morgan fingerprint density at radius 1 is 0.735 bits per heavy atom. The molecule has 0 saturated heterocycles. The average Bonchev–Trinajstić information content (AvgIpc) is 2.88. The SMILES string of the molecule is C/C(=N\C(=N)c1ccc(-c2cccc(C#N)c2)cc1N)c1ccc(-c2cccc(C#N)c2)cc1. The van der Waals surface area contributed by atoms with Crippen molar-refractivity contribution in [1.82, 2.24) is 0 Å². The van der Waals surface area contributed by atoms with Gasteiger partial charge in [0.05, 0.1) is 23.3 Å². The summed E-state index contributed by atoms with van der Waals surface area (Å²) in [6.45, 7) is 1.86. The quantitative estimate of drug-likeness (QED) is 0.225. The average molecular weight is 440 g/mol. The van der Waals surface area contributed by atoms with E-state index in [9.17, 15) is 0 Å². The van der Waals surface area contributed by atoms with Gasteiger partial charge in [0.1, 0.15) is 0 Å². The smallest absolute Gasteiger partial charge is 0.154 e. The number of nitrogen functional groups attached to an aromatic ring is 1. The highest BCUT2D eigenvalue weighted by Crippen LogP contribution is 2.26. The van der Waals surface area contributed by atoms with Crippen molar-refractivity contribution in [2.45, 2.75) is 6.92 Å². The molecule has 3 N–H and O–H groups in total. The van der Waals surface area contributed by atoms with Gasteiger partial charge >= 0.3 is 0 Å². The van der Waals surface area contributed by atoms with Crippen molar-refractivity contribution in [3.8, 4) is 34.4 Å². The Bertz CT molecular complexity index is 1500. The van der Waals surface area contributed by atoms with Gasteiger partial charge in [-0.05, 0) is 71.1 Å². The third-order valence-corrected chi connectivity index (χ3v) is 5.54. The standard InChI is InChI=1S/C29H21N5/c1-19(22-8-10-23(11-9-22)24-6-2-4-20(14-24)17-30)34-29(33)27-13-12-26(16-28(27)32)25-7-3-5-21(15-25)18-31/h2-16,33H,32H2,1H3/b33-29?,34-19+. The molecule has 4 aromatic carbocycles. The van der Waals surface area contributed by atoms with Crippen molar-refractivity contribution >= 4 is 17.2 Å². The molecule has 0 atom stereocenters. The number of nitrogens with two attached hydrogens (primary N) is 1. The molecule has 0 unspecified atom stereocenters. The zero-order chi connectivity index (χ0) is 24.1. The Morgan fingerprint density at radius 2 is 1.26 bits per heavy atom. The van der Waals surface area contributed by atoms with E-state index in [1.807, 2.05) is 73.7 Å². The fraction of sp³-hybridized carbons (Fsp3) is 0.0345. The summed E-state index contributed by atoms with van der Waals surface area (Å²) in [5.41, 5.74) is 13.8. The lowest BCUT2D eigenvalue weighted by molar-refractivity contribution is 1.40. The zero-order valence-electron chi connectivity index (χ0n) is 18.6. The van der Waals surface area contributed by atoms with Gasteiger partial charge in [-0.3, -0.25) is 5.41 Å². The van der Waals surface area contributed by atoms with Crippen molar-refractivity contribution in [1.29, 1.82) is 15.9 Å². The van der Waals surface area contributed by atoms with Gasteiger partial charge in [0, 0.05) is 17.0 Å². The number of nitriles is 2. The van der Waals surface area contributed by atoms with Crippen molar-refractivity contribution in [2.75, 3.05) is 5.73 Å². The molecule has 0 amide bonds. The minimum absolute atomic E-state index is 0.0816. The Morgan fingerprint density at radius 3 is 1.82 bits per heavy atom. The molecular weight excluding hydrogens is 418 g/mol. The highest BCUT2D eigenvalue weighted by Gasteiger charge is 2.09. The minimum atomic E-state index is 0.0816. The van der Waals surface area contributed by atoms with Gasteiger partial charge in [0.25, 0.3) is 0 Å². The third kappa shape index (κ3) is 4.75. The minimum Gasteiger partial charge on any atom is -0.398 e. The summed E-state index contributed by atoms with van der Waals surface area (Å²) in [7, 11) is 0. The van der Waals surface area contributed by atoms with E-state index in [1.165, 1.54) is 0 Å². The third-order valence-electron chi connectivity index (χ3n) is 5.54. The molecular formula is C29H21N5. The first-order valence-corrected chi connectivity index (χ1v) is 10.6. The number of hydrogen-bond acceptors (Lipinski definition) is 4. The summed E-state index contributed by atoms with van der Waals surface area (Å²) in [6, 6.07) is 32.4. The normalized spacial score (nSPS) is 10.9. The summed E-state index contributed by atoms with van der Waals surface area (Å²) in [6.07, 6.45) is 0. The van der Waals surface area contributed by atoms with Gasteiger partial charge < -0.3 is 5.73 Å². The second-order valence-electron chi connectivity index (χ2n) is 7.81. The Balaban J connectivity index is 1.55. The molecule has 0 heterocycles. The van der Waals surface area contributed by atoms with Gasteiger partial charge in [-0.2, -0.15) is 10.5 Å². The Kier molecular flexibility index (Phi) is 6.30. The molecule has 0 fully saturated rings. The second-order valence-corrected chi connectivity index (χ2v) is 7.81. The molecule has 34 heavy (non-hydrogen) atoms. The van der Waals surface area contributed by atoms with Crippen LogP contribution in [-0.4, -0.2) is 11.5 Å². The van der Waals surface area contributed by atoms with Crippen LogP contribution in [0, 0.1) is 28.1 Å². The highest BCUT2D eigenvalue weighted by molar-refractivity contribution is 6.12. The molecule has 0 saturated carbocycles. The molecule has 0 bridgehead atoms. The van der Waals surface area contributed by atoms with Crippen molar-refractivity contribution in [3.05, 3.63) is 113 Å². The lowest BCUT2D eigenvalue weighted by atomic mass is 10.00. The molecule has 0 aliphatic carbocycles. The van der Waals surface area contributed by atoms with Crippen LogP contribution in [-0.2, 0) is 0 Å². The van der Waals surface area contributed by atoms with Crippen LogP contribution in [0.1, 0.15) is 29.2 Å². The predicted octanol–water partition coefficient (Wildman–Crippen LogP) is 6.18. The maximum atomic E-state index is 9.12. The van der Waals surface area contributed by atoms with Gasteiger partial charge in [0.2, 0.25) is 0 Å². The molecule has 5 heteroatoms. The van der Waals surface area contributed by atoms with E-state index in [0.717, 1.165) is 27.8 Å². The van der Waals surface area contributed by atoms with E-state index >= 15 is 0 Å². The lowest BCUT2D eigenvalue weighted by Gasteiger charge is -2.09. The number of benzene rings is 4. The van der Waals surface area contributed by atoms with Crippen LogP contribution in [0.5, 0.6) is 0 Å². The van der Waals surface area contributed by atoms with Gasteiger partial charge in [-0.15, -0.1) is 0 Å². The molecule has 0 spiro atoms. The molecule has 0 aromatic heterocycles. The van der Waals surface area contributed by atoms with E-state index < -0.39 is 0 Å². The first kappa shape index (κ1) is 22.2. The summed E-state index contributed by atoms with van der Waals surface area (Å²) >= 11 is 0. The maximum Gasteiger partial charge on any atom is 0.154 e. The summed E-state index contributed by atoms with van der Waals surface area (Å²) < 4.78 is 0. The zero-order valence-corrected chi connectivity index (χ0v) is 18.6. The fourth-order valence-electron chi connectivity index (χ4n) is 3.69. The van der Waals surface area contributed by atoms with Crippen LogP contribution < -0.4 is 5.73 Å². The summed E-state index contributed by atoms with van der Waals surface area (Å²) in [5.74, 6) is 0.0816.